The van der Waals surface area contributed by atoms with E-state index >= 15 is 0 Å². The summed E-state index contributed by atoms with van der Waals surface area (Å²) >= 11 is 2.15. The summed E-state index contributed by atoms with van der Waals surface area (Å²) in [6.07, 6.45) is 3.94. The third kappa shape index (κ3) is 3.16. The Kier molecular flexibility index (Phi) is 3.72. The highest BCUT2D eigenvalue weighted by Gasteiger charge is 2.30. The number of carboxylic acids is 1. The van der Waals surface area contributed by atoms with Gasteiger partial charge in [0, 0.05) is 6.20 Å². The summed E-state index contributed by atoms with van der Waals surface area (Å²) in [5.41, 5.74) is 4.45. The third-order valence-corrected chi connectivity index (χ3v) is 2.79. The predicted molar refractivity (Wildman–Crippen MR) is 64.5 cm³/mol. The fraction of sp³-hybridized carbons (Fsp3) is 0.556. The largest absolute Gasteiger partial charge is 0.480 e. The van der Waals surface area contributed by atoms with Crippen molar-refractivity contribution in [2.24, 2.45) is 5.73 Å². The summed E-state index contributed by atoms with van der Waals surface area (Å²) in [6.45, 7) is 3.41. The van der Waals surface area contributed by atoms with E-state index in [0.717, 1.165) is 3.57 Å². The van der Waals surface area contributed by atoms with E-state index in [4.69, 9.17) is 10.8 Å². The Bertz CT molecular complexity index is 362. The fourth-order valence-electron chi connectivity index (χ4n) is 1.35. The molecule has 0 saturated heterocycles. The van der Waals surface area contributed by atoms with Crippen molar-refractivity contribution in [2.75, 3.05) is 0 Å². The van der Waals surface area contributed by atoms with Crippen LogP contribution in [0.4, 0.5) is 0 Å². The lowest BCUT2D eigenvalue weighted by molar-refractivity contribution is -0.143. The standard InChI is InChI=1S/C9H14IN3O2/c1-6(3-9(2,11)8(14)15)13-5-7(10)4-12-13/h4-6H,3,11H2,1-2H3,(H,14,15). The monoisotopic (exact) mass is 323 g/mol. The zero-order chi connectivity index (χ0) is 11.6. The van der Waals surface area contributed by atoms with E-state index in [-0.39, 0.29) is 6.04 Å². The molecule has 1 heterocycles. The van der Waals surface area contributed by atoms with E-state index in [9.17, 15) is 4.79 Å². The number of halogens is 1. The van der Waals surface area contributed by atoms with Gasteiger partial charge in [-0.25, -0.2) is 0 Å². The number of carboxylic acid groups (broad SMARTS) is 1. The number of nitrogens with two attached hydrogens (primary N) is 1. The average molecular weight is 323 g/mol. The van der Waals surface area contributed by atoms with Crippen molar-refractivity contribution in [3.05, 3.63) is 16.0 Å². The molecule has 2 unspecified atom stereocenters. The highest BCUT2D eigenvalue weighted by atomic mass is 127. The maximum atomic E-state index is 10.8. The summed E-state index contributed by atoms with van der Waals surface area (Å²) in [5, 5.41) is 13.0. The van der Waals surface area contributed by atoms with Crippen molar-refractivity contribution < 1.29 is 9.90 Å². The van der Waals surface area contributed by atoms with Crippen molar-refractivity contribution in [3.63, 3.8) is 0 Å². The van der Waals surface area contributed by atoms with Crippen molar-refractivity contribution in [1.29, 1.82) is 0 Å². The van der Waals surface area contributed by atoms with Crippen molar-refractivity contribution in [1.82, 2.24) is 9.78 Å². The molecule has 6 heteroatoms. The lowest BCUT2D eigenvalue weighted by Crippen LogP contribution is -2.46. The van der Waals surface area contributed by atoms with Crippen molar-refractivity contribution in [2.45, 2.75) is 31.8 Å². The molecule has 84 valence electrons. The minimum Gasteiger partial charge on any atom is -0.480 e. The van der Waals surface area contributed by atoms with Gasteiger partial charge in [-0.1, -0.05) is 0 Å². The molecule has 0 aliphatic rings. The van der Waals surface area contributed by atoms with Gasteiger partial charge in [0.15, 0.2) is 0 Å². The lowest BCUT2D eigenvalue weighted by atomic mass is 9.95. The lowest BCUT2D eigenvalue weighted by Gasteiger charge is -2.23. The predicted octanol–water partition coefficient (Wildman–Crippen LogP) is 1.24. The molecule has 2 atom stereocenters. The van der Waals surface area contributed by atoms with Crippen molar-refractivity contribution in [3.8, 4) is 0 Å². The molecule has 0 aliphatic heterocycles. The number of rotatable bonds is 4. The Balaban J connectivity index is 2.71. The van der Waals surface area contributed by atoms with Crippen LogP contribution in [0, 0.1) is 3.57 Å². The summed E-state index contributed by atoms with van der Waals surface area (Å²) in [7, 11) is 0. The quantitative estimate of drug-likeness (QED) is 0.817. The molecule has 0 aromatic carbocycles. The minimum atomic E-state index is -1.21. The first-order valence-electron chi connectivity index (χ1n) is 4.55. The van der Waals surface area contributed by atoms with Crippen LogP contribution in [-0.4, -0.2) is 26.4 Å². The van der Waals surface area contributed by atoms with Gasteiger partial charge >= 0.3 is 5.97 Å². The number of nitrogens with zero attached hydrogens (tertiary/aromatic N) is 2. The molecule has 1 rings (SSSR count). The smallest absolute Gasteiger partial charge is 0.323 e. The van der Waals surface area contributed by atoms with E-state index in [1.807, 2.05) is 13.1 Å². The maximum absolute atomic E-state index is 10.8. The Morgan fingerprint density at radius 3 is 2.87 bits per heavy atom. The highest BCUT2D eigenvalue weighted by molar-refractivity contribution is 14.1. The van der Waals surface area contributed by atoms with Crippen LogP contribution in [0.2, 0.25) is 0 Å². The normalized spacial score (nSPS) is 17.1. The van der Waals surface area contributed by atoms with Gasteiger partial charge in [-0.2, -0.15) is 5.10 Å². The second-order valence-electron chi connectivity index (χ2n) is 3.91. The van der Waals surface area contributed by atoms with Gasteiger partial charge in [0.2, 0.25) is 0 Å². The minimum absolute atomic E-state index is 0.0281. The number of carbonyl (C=O) groups is 1. The molecule has 0 spiro atoms. The SMILES string of the molecule is CC(CC(C)(N)C(=O)O)n1cc(I)cn1. The molecule has 5 nitrogen and oxygen atoms in total. The van der Waals surface area contributed by atoms with Crippen LogP contribution >= 0.6 is 22.6 Å². The molecule has 1 aromatic heterocycles. The molecule has 0 amide bonds. The Morgan fingerprint density at radius 1 is 1.87 bits per heavy atom. The first-order valence-corrected chi connectivity index (χ1v) is 5.63. The molecular formula is C9H14IN3O2. The molecule has 0 aliphatic carbocycles. The summed E-state index contributed by atoms with van der Waals surface area (Å²) in [4.78, 5) is 10.8. The molecular weight excluding hydrogens is 309 g/mol. The molecule has 1 aromatic rings. The van der Waals surface area contributed by atoms with Crippen LogP contribution in [0.25, 0.3) is 0 Å². The van der Waals surface area contributed by atoms with Crippen LogP contribution in [0.3, 0.4) is 0 Å². The first-order chi connectivity index (χ1) is 6.83. The van der Waals surface area contributed by atoms with Crippen LogP contribution in [-0.2, 0) is 4.79 Å². The molecule has 0 fully saturated rings. The van der Waals surface area contributed by atoms with E-state index in [0.29, 0.717) is 6.42 Å². The molecule has 15 heavy (non-hydrogen) atoms. The molecule has 0 bridgehead atoms. The Labute approximate surface area is 102 Å². The second-order valence-corrected chi connectivity index (χ2v) is 5.16. The van der Waals surface area contributed by atoms with E-state index in [1.165, 1.54) is 6.92 Å². The van der Waals surface area contributed by atoms with E-state index in [1.54, 1.807) is 10.9 Å². The van der Waals surface area contributed by atoms with Crippen LogP contribution < -0.4 is 5.73 Å². The molecule has 3 N–H and O–H groups in total. The second kappa shape index (κ2) is 4.48. The van der Waals surface area contributed by atoms with Gasteiger partial charge in [-0.05, 0) is 42.9 Å². The Morgan fingerprint density at radius 2 is 2.47 bits per heavy atom. The van der Waals surface area contributed by atoms with E-state index in [2.05, 4.69) is 27.7 Å². The Hall–Kier alpha value is -0.630. The zero-order valence-corrected chi connectivity index (χ0v) is 10.8. The fourth-order valence-corrected chi connectivity index (χ4v) is 1.76. The topological polar surface area (TPSA) is 81.1 Å². The summed E-state index contributed by atoms with van der Waals surface area (Å²) in [6, 6.07) is -0.0281. The van der Waals surface area contributed by atoms with Gasteiger partial charge in [-0.3, -0.25) is 9.48 Å². The van der Waals surface area contributed by atoms with Gasteiger partial charge in [0.1, 0.15) is 5.54 Å². The highest BCUT2D eigenvalue weighted by Crippen LogP contribution is 2.19. The van der Waals surface area contributed by atoms with Crippen LogP contribution in [0.15, 0.2) is 12.4 Å². The average Bonchev–Trinajstić information content (AvgIpc) is 2.50. The number of hydrogen-bond acceptors (Lipinski definition) is 3. The summed E-state index contributed by atoms with van der Waals surface area (Å²) < 4.78 is 2.75. The first kappa shape index (κ1) is 12.4. The third-order valence-electron chi connectivity index (χ3n) is 2.23. The molecule has 0 radical (unpaired) electrons. The van der Waals surface area contributed by atoms with Gasteiger partial charge in [0.05, 0.1) is 15.8 Å². The maximum Gasteiger partial charge on any atom is 0.323 e. The van der Waals surface area contributed by atoms with Gasteiger partial charge in [-0.15, -0.1) is 0 Å². The number of aromatic nitrogens is 2. The number of hydrogen-bond donors (Lipinski definition) is 2. The van der Waals surface area contributed by atoms with E-state index < -0.39 is 11.5 Å². The van der Waals surface area contributed by atoms with Crippen molar-refractivity contribution >= 4 is 28.6 Å². The summed E-state index contributed by atoms with van der Waals surface area (Å²) in [5.74, 6) is -0.990. The van der Waals surface area contributed by atoms with Gasteiger partial charge in [0.25, 0.3) is 0 Å². The number of aliphatic carboxylic acids is 1. The van der Waals surface area contributed by atoms with Gasteiger partial charge < -0.3 is 10.8 Å². The molecule has 0 saturated carbocycles. The van der Waals surface area contributed by atoms with Crippen LogP contribution in [0.1, 0.15) is 26.3 Å². The van der Waals surface area contributed by atoms with Crippen LogP contribution in [0.5, 0.6) is 0 Å². The zero-order valence-electron chi connectivity index (χ0n) is 8.64.